The van der Waals surface area contributed by atoms with Gasteiger partial charge in [-0.25, -0.2) is 4.98 Å². The van der Waals surface area contributed by atoms with Crippen LogP contribution in [-0.2, 0) is 13.0 Å². The van der Waals surface area contributed by atoms with Crippen LogP contribution in [0.3, 0.4) is 0 Å². The van der Waals surface area contributed by atoms with Crippen LogP contribution in [0.1, 0.15) is 16.8 Å². The van der Waals surface area contributed by atoms with Crippen LogP contribution in [0.5, 0.6) is 0 Å². The first-order valence-electron chi connectivity index (χ1n) is 6.14. The summed E-state index contributed by atoms with van der Waals surface area (Å²) in [6.07, 6.45) is 4.41. The number of aryl methyl sites for hydroxylation is 1. The molecule has 3 rings (SSSR count). The number of fused-ring (bicyclic) bond motifs is 1. The number of nitrogen functional groups attached to an aromatic ring is 1. The molecule has 2 heterocycles. The van der Waals surface area contributed by atoms with Gasteiger partial charge in [0.2, 0.25) is 0 Å². The van der Waals surface area contributed by atoms with E-state index in [-0.39, 0.29) is 0 Å². The summed E-state index contributed by atoms with van der Waals surface area (Å²) in [7, 11) is 0. The highest BCUT2D eigenvalue weighted by molar-refractivity contribution is 5.60. The normalized spacial score (nSPS) is 13.7. The lowest BCUT2D eigenvalue weighted by molar-refractivity contribution is 0.811. The number of anilines is 2. The molecular formula is C14H16N4. The van der Waals surface area contributed by atoms with Crippen LogP contribution in [0.2, 0.25) is 0 Å². The fraction of sp³-hybridized carbons (Fsp3) is 0.286. The largest absolute Gasteiger partial charge is 0.382 e. The minimum absolute atomic E-state index is 0.526. The summed E-state index contributed by atoms with van der Waals surface area (Å²) < 4.78 is 0. The fourth-order valence-electron chi connectivity index (χ4n) is 2.40. The lowest BCUT2D eigenvalue weighted by atomic mass is 10.1. The lowest BCUT2D eigenvalue weighted by Crippen LogP contribution is -2.21. The predicted molar refractivity (Wildman–Crippen MR) is 72.4 cm³/mol. The maximum Gasteiger partial charge on any atom is 0.146 e. The first-order valence-corrected chi connectivity index (χ1v) is 6.14. The Labute approximate surface area is 106 Å². The molecule has 1 aliphatic heterocycles. The summed E-state index contributed by atoms with van der Waals surface area (Å²) in [5, 5.41) is 0. The summed E-state index contributed by atoms with van der Waals surface area (Å²) in [5.41, 5.74) is 10.7. The van der Waals surface area contributed by atoms with Crippen molar-refractivity contribution in [3.63, 3.8) is 0 Å². The van der Waals surface area contributed by atoms with Crippen molar-refractivity contribution in [1.29, 1.82) is 0 Å². The Morgan fingerprint density at radius 1 is 1.28 bits per heavy atom. The third-order valence-electron chi connectivity index (χ3n) is 3.38. The molecule has 0 amide bonds. The molecular weight excluding hydrogens is 224 g/mol. The second-order valence-corrected chi connectivity index (χ2v) is 4.69. The lowest BCUT2D eigenvalue weighted by Gasteiger charge is -2.19. The number of hydrogen-bond donors (Lipinski definition) is 1. The maximum absolute atomic E-state index is 5.85. The molecule has 0 unspecified atom stereocenters. The van der Waals surface area contributed by atoms with E-state index in [9.17, 15) is 0 Å². The van der Waals surface area contributed by atoms with Gasteiger partial charge < -0.3 is 10.6 Å². The molecule has 4 heteroatoms. The number of benzene rings is 1. The maximum atomic E-state index is 5.85. The van der Waals surface area contributed by atoms with Crippen LogP contribution in [0.4, 0.5) is 11.5 Å². The molecule has 0 aliphatic carbocycles. The van der Waals surface area contributed by atoms with Gasteiger partial charge in [0.05, 0.1) is 6.54 Å². The van der Waals surface area contributed by atoms with Gasteiger partial charge in [0.1, 0.15) is 11.5 Å². The standard InChI is InChI=1S/C14H16N4/c1-10-2-3-11-4-7-18(13(11)8-10)9-12-14(15)17-6-5-16-12/h2-3,5-6,8H,4,7,9H2,1H3,(H2,15,17). The zero-order valence-electron chi connectivity index (χ0n) is 10.4. The zero-order valence-corrected chi connectivity index (χ0v) is 10.4. The van der Waals surface area contributed by atoms with Crippen LogP contribution in [0, 0.1) is 6.92 Å². The third kappa shape index (κ3) is 1.90. The number of nitrogens with zero attached hydrogens (tertiary/aromatic N) is 3. The number of rotatable bonds is 2. The van der Waals surface area contributed by atoms with Crippen LogP contribution < -0.4 is 10.6 Å². The molecule has 0 radical (unpaired) electrons. The molecule has 18 heavy (non-hydrogen) atoms. The Hall–Kier alpha value is -2.10. The van der Waals surface area contributed by atoms with Crippen LogP contribution in [-0.4, -0.2) is 16.5 Å². The highest BCUT2D eigenvalue weighted by Gasteiger charge is 2.20. The SMILES string of the molecule is Cc1ccc2c(c1)N(Cc1nccnc1N)CC2. The molecule has 92 valence electrons. The molecule has 0 bridgehead atoms. The van der Waals surface area contributed by atoms with Crippen LogP contribution in [0.25, 0.3) is 0 Å². The van der Waals surface area contributed by atoms with E-state index in [1.54, 1.807) is 12.4 Å². The van der Waals surface area contributed by atoms with Crippen molar-refractivity contribution in [2.24, 2.45) is 0 Å². The van der Waals surface area contributed by atoms with Gasteiger partial charge in [-0.15, -0.1) is 0 Å². The first-order chi connectivity index (χ1) is 8.74. The monoisotopic (exact) mass is 240 g/mol. The van der Waals surface area contributed by atoms with Crippen molar-refractivity contribution in [3.05, 3.63) is 47.4 Å². The zero-order chi connectivity index (χ0) is 12.5. The molecule has 1 aliphatic rings. The molecule has 0 saturated heterocycles. The van der Waals surface area contributed by atoms with Gasteiger partial charge >= 0.3 is 0 Å². The molecule has 0 fully saturated rings. The topological polar surface area (TPSA) is 55.0 Å². The molecule has 0 atom stereocenters. The Morgan fingerprint density at radius 2 is 2.11 bits per heavy atom. The molecule has 1 aromatic heterocycles. The van der Waals surface area contributed by atoms with Crippen LogP contribution >= 0.6 is 0 Å². The predicted octanol–water partition coefficient (Wildman–Crippen LogP) is 1.93. The average Bonchev–Trinajstić information content (AvgIpc) is 2.75. The number of nitrogens with two attached hydrogens (primary N) is 1. The van der Waals surface area contributed by atoms with E-state index < -0.39 is 0 Å². The Bertz CT molecular complexity index is 580. The average molecular weight is 240 g/mol. The van der Waals surface area contributed by atoms with Crippen LogP contribution in [0.15, 0.2) is 30.6 Å². The molecule has 2 N–H and O–H groups in total. The van der Waals surface area contributed by atoms with Gasteiger partial charge in [0.25, 0.3) is 0 Å². The van der Waals surface area contributed by atoms with E-state index in [0.717, 1.165) is 25.2 Å². The van der Waals surface area contributed by atoms with Crippen molar-refractivity contribution in [2.75, 3.05) is 17.2 Å². The number of hydrogen-bond acceptors (Lipinski definition) is 4. The Balaban J connectivity index is 1.89. The van der Waals surface area contributed by atoms with E-state index in [4.69, 9.17) is 5.73 Å². The second kappa shape index (κ2) is 4.29. The highest BCUT2D eigenvalue weighted by atomic mass is 15.2. The van der Waals surface area contributed by atoms with E-state index in [1.807, 2.05) is 0 Å². The first kappa shape index (κ1) is 11.0. The Kier molecular flexibility index (Phi) is 2.63. The highest BCUT2D eigenvalue weighted by Crippen LogP contribution is 2.30. The molecule has 0 saturated carbocycles. The number of aromatic nitrogens is 2. The quantitative estimate of drug-likeness (QED) is 0.871. The van der Waals surface area contributed by atoms with Crippen molar-refractivity contribution >= 4 is 11.5 Å². The summed E-state index contributed by atoms with van der Waals surface area (Å²) >= 11 is 0. The third-order valence-corrected chi connectivity index (χ3v) is 3.38. The molecule has 2 aromatic rings. The summed E-state index contributed by atoms with van der Waals surface area (Å²) in [4.78, 5) is 10.7. The Morgan fingerprint density at radius 3 is 2.94 bits per heavy atom. The smallest absolute Gasteiger partial charge is 0.146 e. The van der Waals surface area contributed by atoms with Gasteiger partial charge in [0.15, 0.2) is 0 Å². The van der Waals surface area contributed by atoms with Gasteiger partial charge in [-0.1, -0.05) is 12.1 Å². The van der Waals surface area contributed by atoms with E-state index in [1.165, 1.54) is 16.8 Å². The minimum atomic E-state index is 0.526. The minimum Gasteiger partial charge on any atom is -0.382 e. The van der Waals surface area contributed by atoms with E-state index in [2.05, 4.69) is 40.0 Å². The molecule has 1 aromatic carbocycles. The van der Waals surface area contributed by atoms with Gasteiger partial charge in [-0.2, -0.15) is 0 Å². The molecule has 4 nitrogen and oxygen atoms in total. The van der Waals surface area contributed by atoms with Crippen molar-refractivity contribution in [1.82, 2.24) is 9.97 Å². The summed E-state index contributed by atoms with van der Waals surface area (Å²) in [6.45, 7) is 3.87. The van der Waals surface area contributed by atoms with Gasteiger partial charge in [-0.3, -0.25) is 4.98 Å². The fourth-order valence-corrected chi connectivity index (χ4v) is 2.40. The van der Waals surface area contributed by atoms with Crippen molar-refractivity contribution in [3.8, 4) is 0 Å². The van der Waals surface area contributed by atoms with E-state index in [0.29, 0.717) is 5.82 Å². The van der Waals surface area contributed by atoms with Gasteiger partial charge in [-0.05, 0) is 30.5 Å². The van der Waals surface area contributed by atoms with Gasteiger partial charge in [0, 0.05) is 24.6 Å². The second-order valence-electron chi connectivity index (χ2n) is 4.69. The molecule has 0 spiro atoms. The van der Waals surface area contributed by atoms with Crippen molar-refractivity contribution < 1.29 is 0 Å². The van der Waals surface area contributed by atoms with E-state index >= 15 is 0 Å². The summed E-state index contributed by atoms with van der Waals surface area (Å²) in [5.74, 6) is 0.526. The summed E-state index contributed by atoms with van der Waals surface area (Å²) in [6, 6.07) is 6.61. The van der Waals surface area contributed by atoms with Crippen molar-refractivity contribution in [2.45, 2.75) is 19.9 Å².